The second-order valence-electron chi connectivity index (χ2n) is 3.59. The number of nitrogens with zero attached hydrogens (tertiary/aromatic N) is 3. The van der Waals surface area contributed by atoms with Crippen LogP contribution in [0.3, 0.4) is 0 Å². The van der Waals surface area contributed by atoms with Gasteiger partial charge in [0.1, 0.15) is 17.6 Å². The van der Waals surface area contributed by atoms with Crippen molar-refractivity contribution in [3.8, 4) is 6.07 Å². The Hall–Kier alpha value is -2.46. The second-order valence-corrected chi connectivity index (χ2v) is 4.50. The van der Waals surface area contributed by atoms with Crippen molar-refractivity contribution in [2.24, 2.45) is 0 Å². The smallest absolute Gasteiger partial charge is 0.275 e. The van der Waals surface area contributed by atoms with E-state index in [0.29, 0.717) is 11.3 Å². The molecule has 1 heterocycles. The predicted molar refractivity (Wildman–Crippen MR) is 73.3 cm³/mol. The fourth-order valence-electron chi connectivity index (χ4n) is 1.39. The van der Waals surface area contributed by atoms with Gasteiger partial charge in [-0.1, -0.05) is 15.9 Å². The molecule has 2 rings (SSSR count). The lowest BCUT2D eigenvalue weighted by Crippen LogP contribution is -2.15. The van der Waals surface area contributed by atoms with Crippen molar-refractivity contribution in [1.82, 2.24) is 9.97 Å². The highest BCUT2D eigenvalue weighted by Gasteiger charge is 2.11. The second kappa shape index (κ2) is 5.46. The zero-order valence-electron chi connectivity index (χ0n) is 9.59. The van der Waals surface area contributed by atoms with Gasteiger partial charge in [0, 0.05) is 4.47 Å². The van der Waals surface area contributed by atoms with Crippen LogP contribution < -0.4 is 11.1 Å². The molecular formula is C12H8BrN5O. The molecule has 0 saturated heterocycles. The van der Waals surface area contributed by atoms with E-state index in [1.54, 1.807) is 18.2 Å². The summed E-state index contributed by atoms with van der Waals surface area (Å²) in [5.41, 5.74) is 6.29. The van der Waals surface area contributed by atoms with Gasteiger partial charge in [0.25, 0.3) is 5.91 Å². The van der Waals surface area contributed by atoms with Crippen molar-refractivity contribution in [2.75, 3.05) is 11.1 Å². The van der Waals surface area contributed by atoms with Gasteiger partial charge in [-0.3, -0.25) is 9.78 Å². The van der Waals surface area contributed by atoms with Crippen molar-refractivity contribution in [2.45, 2.75) is 0 Å². The molecule has 0 aliphatic heterocycles. The largest absolute Gasteiger partial charge is 0.382 e. The number of anilines is 2. The molecule has 0 fully saturated rings. The summed E-state index contributed by atoms with van der Waals surface area (Å²) in [5.74, 6) is -0.322. The van der Waals surface area contributed by atoms with Gasteiger partial charge >= 0.3 is 0 Å². The van der Waals surface area contributed by atoms with E-state index in [4.69, 9.17) is 11.0 Å². The molecule has 0 aliphatic rings. The van der Waals surface area contributed by atoms with Crippen LogP contribution in [0.2, 0.25) is 0 Å². The summed E-state index contributed by atoms with van der Waals surface area (Å²) in [5, 5.41) is 11.6. The number of nitrogens with one attached hydrogen (secondary N) is 1. The lowest BCUT2D eigenvalue weighted by molar-refractivity contribution is 0.102. The van der Waals surface area contributed by atoms with E-state index in [1.807, 2.05) is 6.07 Å². The average Bonchev–Trinajstić information content (AvgIpc) is 2.39. The summed E-state index contributed by atoms with van der Waals surface area (Å²) >= 11 is 3.27. The maximum atomic E-state index is 12.0. The van der Waals surface area contributed by atoms with Crippen molar-refractivity contribution >= 4 is 33.3 Å². The van der Waals surface area contributed by atoms with E-state index >= 15 is 0 Å². The minimum absolute atomic E-state index is 0.0869. The predicted octanol–water partition coefficient (Wildman–Crippen LogP) is 1.95. The summed E-state index contributed by atoms with van der Waals surface area (Å²) in [7, 11) is 0. The third-order valence-corrected chi connectivity index (χ3v) is 2.73. The minimum Gasteiger partial charge on any atom is -0.382 e. The highest BCUT2D eigenvalue weighted by atomic mass is 79.9. The number of rotatable bonds is 2. The molecule has 1 aromatic carbocycles. The lowest BCUT2D eigenvalue weighted by Gasteiger charge is -2.07. The number of amides is 1. The summed E-state index contributed by atoms with van der Waals surface area (Å²) < 4.78 is 0.750. The first-order valence-corrected chi connectivity index (χ1v) is 5.98. The Balaban J connectivity index is 2.29. The van der Waals surface area contributed by atoms with Gasteiger partial charge in [0.15, 0.2) is 0 Å². The SMILES string of the molecule is N#Cc1ccc(Br)cc1NC(=O)c1cncc(N)n1. The van der Waals surface area contributed by atoms with E-state index in [-0.39, 0.29) is 11.5 Å². The zero-order chi connectivity index (χ0) is 13.8. The third-order valence-electron chi connectivity index (χ3n) is 2.24. The standard InChI is InChI=1S/C12H8BrN5O/c13-8-2-1-7(4-14)9(3-8)18-12(19)10-5-16-6-11(15)17-10/h1-3,5-6H,(H2,15,17)(H,18,19). The molecule has 0 unspecified atom stereocenters. The molecule has 0 spiro atoms. The number of aromatic nitrogens is 2. The Bertz CT molecular complexity index is 680. The van der Waals surface area contributed by atoms with Gasteiger partial charge in [-0.2, -0.15) is 5.26 Å². The zero-order valence-corrected chi connectivity index (χ0v) is 11.2. The minimum atomic E-state index is -0.477. The van der Waals surface area contributed by atoms with Crippen LogP contribution in [0.1, 0.15) is 16.1 Å². The number of benzene rings is 1. The quantitative estimate of drug-likeness (QED) is 0.880. The first-order valence-electron chi connectivity index (χ1n) is 5.18. The van der Waals surface area contributed by atoms with Crippen LogP contribution in [0.5, 0.6) is 0 Å². The van der Waals surface area contributed by atoms with E-state index in [0.717, 1.165) is 4.47 Å². The molecule has 0 aliphatic carbocycles. The van der Waals surface area contributed by atoms with Crippen LogP contribution >= 0.6 is 15.9 Å². The van der Waals surface area contributed by atoms with Gasteiger partial charge in [-0.25, -0.2) is 4.98 Å². The number of nitrogen functional groups attached to an aromatic ring is 1. The molecule has 19 heavy (non-hydrogen) atoms. The number of hydrogen-bond donors (Lipinski definition) is 2. The Morgan fingerprint density at radius 3 is 2.89 bits per heavy atom. The first-order chi connectivity index (χ1) is 9.10. The molecule has 0 atom stereocenters. The number of carbonyl (C=O) groups excluding carboxylic acids is 1. The number of hydrogen-bond acceptors (Lipinski definition) is 5. The maximum Gasteiger partial charge on any atom is 0.275 e. The Morgan fingerprint density at radius 2 is 2.21 bits per heavy atom. The normalized spacial score (nSPS) is 9.68. The van der Waals surface area contributed by atoms with Gasteiger partial charge in [0.2, 0.25) is 0 Å². The van der Waals surface area contributed by atoms with Gasteiger partial charge in [0.05, 0.1) is 23.6 Å². The van der Waals surface area contributed by atoms with Crippen LogP contribution in [-0.2, 0) is 0 Å². The summed E-state index contributed by atoms with van der Waals surface area (Å²) in [4.78, 5) is 19.6. The Morgan fingerprint density at radius 1 is 1.42 bits per heavy atom. The summed E-state index contributed by atoms with van der Waals surface area (Å²) in [6.07, 6.45) is 2.65. The molecule has 1 aromatic heterocycles. The number of nitriles is 1. The molecule has 0 bridgehead atoms. The third kappa shape index (κ3) is 3.05. The highest BCUT2D eigenvalue weighted by Crippen LogP contribution is 2.21. The number of nitrogens with two attached hydrogens (primary N) is 1. The van der Waals surface area contributed by atoms with Gasteiger partial charge < -0.3 is 11.1 Å². The summed E-state index contributed by atoms with van der Waals surface area (Å²) in [6.45, 7) is 0. The number of carbonyl (C=O) groups is 1. The van der Waals surface area contributed by atoms with E-state index in [2.05, 4.69) is 31.2 Å². The van der Waals surface area contributed by atoms with Crippen LogP contribution in [0, 0.1) is 11.3 Å². The fourth-order valence-corrected chi connectivity index (χ4v) is 1.76. The fraction of sp³-hybridized carbons (Fsp3) is 0. The number of halogens is 1. The Labute approximate surface area is 117 Å². The van der Waals surface area contributed by atoms with Gasteiger partial charge in [-0.15, -0.1) is 0 Å². The van der Waals surface area contributed by atoms with Crippen molar-refractivity contribution in [3.05, 3.63) is 46.3 Å². The molecule has 2 aromatic rings. The molecule has 1 amide bonds. The van der Waals surface area contributed by atoms with Gasteiger partial charge in [-0.05, 0) is 18.2 Å². The first kappa shape index (κ1) is 13.0. The van der Waals surface area contributed by atoms with Crippen LogP contribution in [0.4, 0.5) is 11.5 Å². The monoisotopic (exact) mass is 317 g/mol. The van der Waals surface area contributed by atoms with Crippen LogP contribution in [0.25, 0.3) is 0 Å². The van der Waals surface area contributed by atoms with Crippen molar-refractivity contribution < 1.29 is 4.79 Å². The van der Waals surface area contributed by atoms with Crippen molar-refractivity contribution in [1.29, 1.82) is 5.26 Å². The average molecular weight is 318 g/mol. The molecule has 3 N–H and O–H groups in total. The highest BCUT2D eigenvalue weighted by molar-refractivity contribution is 9.10. The van der Waals surface area contributed by atoms with E-state index in [9.17, 15) is 4.79 Å². The maximum absolute atomic E-state index is 12.0. The molecule has 7 heteroatoms. The molecule has 0 radical (unpaired) electrons. The van der Waals surface area contributed by atoms with Crippen molar-refractivity contribution in [3.63, 3.8) is 0 Å². The molecule has 94 valence electrons. The molecule has 0 saturated carbocycles. The topological polar surface area (TPSA) is 105 Å². The molecular weight excluding hydrogens is 310 g/mol. The summed E-state index contributed by atoms with van der Waals surface area (Å²) in [6, 6.07) is 6.95. The lowest BCUT2D eigenvalue weighted by atomic mass is 10.2. The molecule has 6 nitrogen and oxygen atoms in total. The van der Waals surface area contributed by atoms with E-state index < -0.39 is 5.91 Å². The van der Waals surface area contributed by atoms with Crippen LogP contribution in [0.15, 0.2) is 35.1 Å². The van der Waals surface area contributed by atoms with E-state index in [1.165, 1.54) is 12.4 Å². The van der Waals surface area contributed by atoms with Crippen LogP contribution in [-0.4, -0.2) is 15.9 Å². The Kier molecular flexibility index (Phi) is 3.73.